The molecule has 0 aliphatic carbocycles. The van der Waals surface area contributed by atoms with Crippen LogP contribution in [0.15, 0.2) is 24.5 Å². The predicted molar refractivity (Wildman–Crippen MR) is 63.1 cm³/mol. The molecule has 1 amide bonds. The number of anilines is 1. The van der Waals surface area contributed by atoms with E-state index in [1.54, 1.807) is 6.92 Å². The molecule has 1 aromatic carbocycles. The number of hydrogen-bond donors (Lipinski definition) is 3. The SMILES string of the molecule is CC(NC(=O)c1ccc(N)c(F)c1)c1ncn[nH]1. The van der Waals surface area contributed by atoms with Gasteiger partial charge in [-0.25, -0.2) is 9.37 Å². The van der Waals surface area contributed by atoms with Gasteiger partial charge in [-0.15, -0.1) is 0 Å². The molecule has 1 atom stereocenters. The molecule has 0 bridgehead atoms. The number of H-pyrrole nitrogens is 1. The van der Waals surface area contributed by atoms with E-state index in [9.17, 15) is 9.18 Å². The third kappa shape index (κ3) is 2.45. The molecule has 0 saturated carbocycles. The van der Waals surface area contributed by atoms with Gasteiger partial charge >= 0.3 is 0 Å². The normalized spacial score (nSPS) is 12.1. The molecule has 0 saturated heterocycles. The highest BCUT2D eigenvalue weighted by Gasteiger charge is 2.14. The molecule has 2 aromatic rings. The molecule has 2 rings (SSSR count). The summed E-state index contributed by atoms with van der Waals surface area (Å²) in [6.07, 6.45) is 1.35. The van der Waals surface area contributed by atoms with Crippen molar-refractivity contribution in [2.45, 2.75) is 13.0 Å². The summed E-state index contributed by atoms with van der Waals surface area (Å²) in [4.78, 5) is 15.8. The number of hydrogen-bond acceptors (Lipinski definition) is 4. The Labute approximate surface area is 102 Å². The predicted octanol–water partition coefficient (Wildman–Crippen LogP) is 1.02. The Morgan fingerprint density at radius 2 is 2.33 bits per heavy atom. The number of amides is 1. The van der Waals surface area contributed by atoms with Gasteiger partial charge in [0, 0.05) is 5.56 Å². The molecule has 0 spiro atoms. The number of nitrogens with zero attached hydrogens (tertiary/aromatic N) is 2. The number of carbonyl (C=O) groups excluding carboxylic acids is 1. The molecule has 6 nitrogen and oxygen atoms in total. The summed E-state index contributed by atoms with van der Waals surface area (Å²) in [5.41, 5.74) is 5.55. The molecule has 1 aromatic heterocycles. The lowest BCUT2D eigenvalue weighted by Crippen LogP contribution is -2.27. The Morgan fingerprint density at radius 1 is 1.56 bits per heavy atom. The van der Waals surface area contributed by atoms with Gasteiger partial charge in [-0.1, -0.05) is 0 Å². The summed E-state index contributed by atoms with van der Waals surface area (Å²) < 4.78 is 13.2. The van der Waals surface area contributed by atoms with E-state index in [0.717, 1.165) is 6.07 Å². The highest BCUT2D eigenvalue weighted by Crippen LogP contribution is 2.13. The summed E-state index contributed by atoms with van der Waals surface area (Å²) >= 11 is 0. The second kappa shape index (κ2) is 4.82. The highest BCUT2D eigenvalue weighted by molar-refractivity contribution is 5.94. The van der Waals surface area contributed by atoms with Gasteiger partial charge in [-0.3, -0.25) is 9.89 Å². The topological polar surface area (TPSA) is 96.7 Å². The second-order valence-electron chi connectivity index (χ2n) is 3.80. The maximum absolute atomic E-state index is 13.2. The van der Waals surface area contributed by atoms with Crippen LogP contribution in [0, 0.1) is 5.82 Å². The number of nitrogens with one attached hydrogen (secondary N) is 2. The first kappa shape index (κ1) is 12.0. The molecule has 1 heterocycles. The fraction of sp³-hybridized carbons (Fsp3) is 0.182. The number of benzene rings is 1. The maximum atomic E-state index is 13.2. The van der Waals surface area contributed by atoms with Crippen molar-refractivity contribution in [3.05, 3.63) is 41.7 Å². The number of aromatic amines is 1. The lowest BCUT2D eigenvalue weighted by Gasteiger charge is -2.11. The quantitative estimate of drug-likeness (QED) is 0.707. The van der Waals surface area contributed by atoms with E-state index < -0.39 is 11.7 Å². The minimum atomic E-state index is -0.616. The van der Waals surface area contributed by atoms with Gasteiger partial charge in [0.2, 0.25) is 0 Å². The zero-order chi connectivity index (χ0) is 13.1. The average Bonchev–Trinajstić information content (AvgIpc) is 2.86. The zero-order valence-corrected chi connectivity index (χ0v) is 9.64. The first-order valence-electron chi connectivity index (χ1n) is 5.29. The Hall–Kier alpha value is -2.44. The third-order valence-corrected chi connectivity index (χ3v) is 2.45. The molecular weight excluding hydrogens is 237 g/mol. The Balaban J connectivity index is 2.10. The van der Waals surface area contributed by atoms with E-state index in [1.807, 2.05) is 0 Å². The van der Waals surface area contributed by atoms with Gasteiger partial charge < -0.3 is 11.1 Å². The summed E-state index contributed by atoms with van der Waals surface area (Å²) in [5.74, 6) is -0.493. The number of rotatable bonds is 3. The lowest BCUT2D eigenvalue weighted by molar-refractivity contribution is 0.0938. The summed E-state index contributed by atoms with van der Waals surface area (Å²) in [6, 6.07) is 3.56. The monoisotopic (exact) mass is 249 g/mol. The number of aromatic nitrogens is 3. The largest absolute Gasteiger partial charge is 0.396 e. The van der Waals surface area contributed by atoms with Gasteiger partial charge in [-0.2, -0.15) is 5.10 Å². The van der Waals surface area contributed by atoms with Crippen molar-refractivity contribution in [1.29, 1.82) is 0 Å². The second-order valence-corrected chi connectivity index (χ2v) is 3.80. The van der Waals surface area contributed by atoms with Gasteiger partial charge in [0.15, 0.2) is 0 Å². The molecule has 7 heteroatoms. The minimum absolute atomic E-state index is 0.00910. The molecule has 4 N–H and O–H groups in total. The number of carbonyl (C=O) groups is 1. The van der Waals surface area contributed by atoms with E-state index >= 15 is 0 Å². The smallest absolute Gasteiger partial charge is 0.251 e. The molecule has 1 unspecified atom stereocenters. The van der Waals surface area contributed by atoms with Crippen LogP contribution in [0.5, 0.6) is 0 Å². The van der Waals surface area contributed by atoms with Crippen molar-refractivity contribution in [2.24, 2.45) is 0 Å². The molecule has 0 fully saturated rings. The lowest BCUT2D eigenvalue weighted by atomic mass is 10.1. The Kier molecular flexibility index (Phi) is 3.22. The van der Waals surface area contributed by atoms with E-state index in [1.165, 1.54) is 18.5 Å². The zero-order valence-electron chi connectivity index (χ0n) is 9.64. The number of nitrogens with two attached hydrogens (primary N) is 1. The Morgan fingerprint density at radius 3 is 2.94 bits per heavy atom. The third-order valence-electron chi connectivity index (χ3n) is 2.45. The van der Waals surface area contributed by atoms with Crippen molar-refractivity contribution in [3.8, 4) is 0 Å². The van der Waals surface area contributed by atoms with Crippen molar-refractivity contribution in [1.82, 2.24) is 20.5 Å². The summed E-state index contributed by atoms with van der Waals surface area (Å²) in [6.45, 7) is 1.74. The first-order valence-corrected chi connectivity index (χ1v) is 5.29. The van der Waals surface area contributed by atoms with Crippen molar-refractivity contribution >= 4 is 11.6 Å². The number of nitrogen functional groups attached to an aromatic ring is 1. The molecular formula is C11H12FN5O. The molecule has 18 heavy (non-hydrogen) atoms. The van der Waals surface area contributed by atoms with Crippen LogP contribution in [-0.2, 0) is 0 Å². The van der Waals surface area contributed by atoms with Crippen LogP contribution in [-0.4, -0.2) is 21.1 Å². The molecule has 0 aliphatic heterocycles. The van der Waals surface area contributed by atoms with Crippen LogP contribution >= 0.6 is 0 Å². The van der Waals surface area contributed by atoms with Crippen LogP contribution in [0.3, 0.4) is 0 Å². The van der Waals surface area contributed by atoms with Crippen LogP contribution < -0.4 is 11.1 Å². The standard InChI is InChI=1S/C11H12FN5O/c1-6(10-14-5-15-17-10)16-11(18)7-2-3-9(13)8(12)4-7/h2-6H,13H2,1H3,(H,16,18)(H,14,15,17). The van der Waals surface area contributed by atoms with Crippen LogP contribution in [0.2, 0.25) is 0 Å². The number of halogens is 1. The maximum Gasteiger partial charge on any atom is 0.251 e. The minimum Gasteiger partial charge on any atom is -0.396 e. The molecule has 0 aliphatic rings. The Bertz CT molecular complexity index is 555. The molecule has 94 valence electrons. The fourth-order valence-corrected chi connectivity index (χ4v) is 1.44. The fourth-order valence-electron chi connectivity index (χ4n) is 1.44. The average molecular weight is 249 g/mol. The van der Waals surface area contributed by atoms with E-state index in [-0.39, 0.29) is 17.3 Å². The highest BCUT2D eigenvalue weighted by atomic mass is 19.1. The van der Waals surface area contributed by atoms with E-state index in [4.69, 9.17) is 5.73 Å². The van der Waals surface area contributed by atoms with Gasteiger partial charge in [0.1, 0.15) is 18.0 Å². The van der Waals surface area contributed by atoms with Crippen molar-refractivity contribution in [3.63, 3.8) is 0 Å². The van der Waals surface area contributed by atoms with Crippen molar-refractivity contribution < 1.29 is 9.18 Å². The van der Waals surface area contributed by atoms with Gasteiger partial charge in [-0.05, 0) is 25.1 Å². The molecule has 0 radical (unpaired) electrons. The van der Waals surface area contributed by atoms with E-state index in [2.05, 4.69) is 20.5 Å². The summed E-state index contributed by atoms with van der Waals surface area (Å²) in [7, 11) is 0. The van der Waals surface area contributed by atoms with Crippen LogP contribution in [0.4, 0.5) is 10.1 Å². The van der Waals surface area contributed by atoms with Crippen LogP contribution in [0.1, 0.15) is 29.1 Å². The van der Waals surface area contributed by atoms with Crippen molar-refractivity contribution in [2.75, 3.05) is 5.73 Å². The first-order chi connectivity index (χ1) is 8.58. The van der Waals surface area contributed by atoms with Gasteiger partial charge in [0.25, 0.3) is 5.91 Å². The van der Waals surface area contributed by atoms with Gasteiger partial charge in [0.05, 0.1) is 11.7 Å². The van der Waals surface area contributed by atoms with E-state index in [0.29, 0.717) is 5.82 Å². The van der Waals surface area contributed by atoms with Crippen LogP contribution in [0.25, 0.3) is 0 Å². The summed E-state index contributed by atoms with van der Waals surface area (Å²) in [5, 5.41) is 8.99.